The Morgan fingerprint density at radius 3 is 2.65 bits per heavy atom. The molecule has 0 atom stereocenters. The normalized spacial score (nSPS) is 11.1. The summed E-state index contributed by atoms with van der Waals surface area (Å²) in [5, 5.41) is 3.40. The quantitative estimate of drug-likeness (QED) is 0.898. The first-order valence-corrected chi connectivity index (χ1v) is 5.98. The summed E-state index contributed by atoms with van der Waals surface area (Å²) in [6.45, 7) is 7.85. The van der Waals surface area contributed by atoms with Crippen molar-refractivity contribution in [2.75, 3.05) is 6.54 Å². The molecule has 0 spiro atoms. The lowest BCUT2D eigenvalue weighted by Crippen LogP contribution is -2.46. The van der Waals surface area contributed by atoms with Crippen molar-refractivity contribution in [1.82, 2.24) is 5.32 Å². The Kier molecular flexibility index (Phi) is 4.40. The van der Waals surface area contributed by atoms with Crippen LogP contribution in [0.25, 0.3) is 0 Å². The number of carbonyl (C=O) groups excluding carboxylic acids is 1. The summed E-state index contributed by atoms with van der Waals surface area (Å²) in [5.74, 6) is 0.542. The molecule has 94 valence electrons. The lowest BCUT2D eigenvalue weighted by Gasteiger charge is -2.26. The van der Waals surface area contributed by atoms with E-state index in [0.717, 1.165) is 5.56 Å². The van der Waals surface area contributed by atoms with E-state index in [4.69, 9.17) is 16.3 Å². The van der Waals surface area contributed by atoms with E-state index >= 15 is 0 Å². The van der Waals surface area contributed by atoms with E-state index in [1.807, 2.05) is 19.9 Å². The second-order valence-corrected chi connectivity index (χ2v) is 4.82. The third kappa shape index (κ3) is 3.63. The first kappa shape index (κ1) is 13.8. The van der Waals surface area contributed by atoms with Crippen molar-refractivity contribution >= 4 is 17.5 Å². The summed E-state index contributed by atoms with van der Waals surface area (Å²) in [6.07, 6.45) is 0. The van der Waals surface area contributed by atoms with Crippen LogP contribution in [0.4, 0.5) is 0 Å². The molecule has 0 fully saturated rings. The highest BCUT2D eigenvalue weighted by Gasteiger charge is 2.29. The van der Waals surface area contributed by atoms with Crippen molar-refractivity contribution in [2.24, 2.45) is 0 Å². The third-order valence-electron chi connectivity index (χ3n) is 2.39. The van der Waals surface area contributed by atoms with Crippen molar-refractivity contribution in [3.63, 3.8) is 0 Å². The Morgan fingerprint density at radius 1 is 1.47 bits per heavy atom. The van der Waals surface area contributed by atoms with Gasteiger partial charge in [0, 0.05) is 11.6 Å². The molecule has 0 radical (unpaired) electrons. The van der Waals surface area contributed by atoms with Crippen molar-refractivity contribution in [3.8, 4) is 5.75 Å². The molecular weight excluding hydrogens is 238 g/mol. The number of benzene rings is 1. The summed E-state index contributed by atoms with van der Waals surface area (Å²) < 4.78 is 5.73. The van der Waals surface area contributed by atoms with Crippen LogP contribution < -0.4 is 10.1 Å². The van der Waals surface area contributed by atoms with Gasteiger partial charge in [0.25, 0.3) is 5.91 Å². The zero-order valence-electron chi connectivity index (χ0n) is 10.6. The molecule has 0 saturated carbocycles. The minimum Gasteiger partial charge on any atom is -0.478 e. The monoisotopic (exact) mass is 255 g/mol. The van der Waals surface area contributed by atoms with E-state index in [1.54, 1.807) is 26.0 Å². The van der Waals surface area contributed by atoms with Crippen LogP contribution in [0.3, 0.4) is 0 Å². The second-order valence-electron chi connectivity index (χ2n) is 4.38. The predicted molar refractivity (Wildman–Crippen MR) is 69.6 cm³/mol. The van der Waals surface area contributed by atoms with Gasteiger partial charge in [0.1, 0.15) is 5.75 Å². The van der Waals surface area contributed by atoms with Gasteiger partial charge in [-0.15, -0.1) is 0 Å². The fraction of sp³-hybridized carbons (Fsp3) is 0.462. The van der Waals surface area contributed by atoms with E-state index in [1.165, 1.54) is 0 Å². The summed E-state index contributed by atoms with van der Waals surface area (Å²) >= 11 is 5.87. The molecule has 1 rings (SSSR count). The number of aryl methyl sites for hydroxylation is 1. The number of halogens is 1. The average Bonchev–Trinajstić information content (AvgIpc) is 2.22. The molecule has 0 saturated heterocycles. The van der Waals surface area contributed by atoms with Crippen molar-refractivity contribution in [1.29, 1.82) is 0 Å². The van der Waals surface area contributed by atoms with Gasteiger partial charge in [0.2, 0.25) is 0 Å². The Hall–Kier alpha value is -1.22. The van der Waals surface area contributed by atoms with Crippen LogP contribution in [-0.2, 0) is 4.79 Å². The fourth-order valence-electron chi connectivity index (χ4n) is 1.42. The number of hydrogen-bond donors (Lipinski definition) is 1. The largest absolute Gasteiger partial charge is 0.478 e. The predicted octanol–water partition coefficient (Wildman–Crippen LogP) is 2.94. The molecular formula is C13H18ClNO2. The SMILES string of the molecule is CCNC(=O)C(C)(C)Oc1ccc(Cl)cc1C. The Labute approximate surface area is 107 Å². The minimum absolute atomic E-state index is 0.130. The number of carbonyl (C=O) groups is 1. The summed E-state index contributed by atoms with van der Waals surface area (Å²) in [7, 11) is 0. The number of rotatable bonds is 4. The highest BCUT2D eigenvalue weighted by Crippen LogP contribution is 2.25. The first-order chi connectivity index (χ1) is 7.86. The molecule has 0 aliphatic rings. The molecule has 1 aromatic carbocycles. The van der Waals surface area contributed by atoms with Gasteiger partial charge in [-0.3, -0.25) is 4.79 Å². The van der Waals surface area contributed by atoms with Crippen molar-refractivity contribution < 1.29 is 9.53 Å². The van der Waals surface area contributed by atoms with Gasteiger partial charge >= 0.3 is 0 Å². The zero-order valence-corrected chi connectivity index (χ0v) is 11.4. The molecule has 0 aliphatic heterocycles. The van der Waals surface area contributed by atoms with Gasteiger partial charge in [0.15, 0.2) is 5.60 Å². The fourth-order valence-corrected chi connectivity index (χ4v) is 1.65. The molecule has 3 nitrogen and oxygen atoms in total. The number of likely N-dealkylation sites (N-methyl/N-ethyl adjacent to an activating group) is 1. The first-order valence-electron chi connectivity index (χ1n) is 5.60. The van der Waals surface area contributed by atoms with Gasteiger partial charge in [-0.25, -0.2) is 0 Å². The smallest absolute Gasteiger partial charge is 0.263 e. The van der Waals surface area contributed by atoms with Crippen molar-refractivity contribution in [2.45, 2.75) is 33.3 Å². The molecule has 1 N–H and O–H groups in total. The standard InChI is InChI=1S/C13H18ClNO2/c1-5-15-12(16)13(3,4)17-11-7-6-10(14)8-9(11)2/h6-8H,5H2,1-4H3,(H,15,16). The highest BCUT2D eigenvalue weighted by atomic mass is 35.5. The van der Waals surface area contributed by atoms with Gasteiger partial charge in [0.05, 0.1) is 0 Å². The molecule has 1 amide bonds. The highest BCUT2D eigenvalue weighted by molar-refractivity contribution is 6.30. The van der Waals surface area contributed by atoms with Crippen LogP contribution in [0.1, 0.15) is 26.3 Å². The number of nitrogens with one attached hydrogen (secondary N) is 1. The van der Waals surface area contributed by atoms with Gasteiger partial charge in [-0.1, -0.05) is 11.6 Å². The Balaban J connectivity index is 2.86. The number of amides is 1. The maximum absolute atomic E-state index is 11.8. The van der Waals surface area contributed by atoms with Crippen LogP contribution in [0.2, 0.25) is 5.02 Å². The molecule has 0 bridgehead atoms. The van der Waals surface area contributed by atoms with Crippen LogP contribution >= 0.6 is 11.6 Å². The second kappa shape index (κ2) is 5.41. The van der Waals surface area contributed by atoms with Crippen molar-refractivity contribution in [3.05, 3.63) is 28.8 Å². The molecule has 17 heavy (non-hydrogen) atoms. The Morgan fingerprint density at radius 2 is 2.12 bits per heavy atom. The summed E-state index contributed by atoms with van der Waals surface area (Å²) in [4.78, 5) is 11.8. The van der Waals surface area contributed by atoms with E-state index in [2.05, 4.69) is 5.32 Å². The van der Waals surface area contributed by atoms with Crippen LogP contribution in [-0.4, -0.2) is 18.1 Å². The van der Waals surface area contributed by atoms with Crippen LogP contribution in [0.15, 0.2) is 18.2 Å². The number of ether oxygens (including phenoxy) is 1. The zero-order chi connectivity index (χ0) is 13.1. The van der Waals surface area contributed by atoms with Gasteiger partial charge < -0.3 is 10.1 Å². The molecule has 4 heteroatoms. The average molecular weight is 256 g/mol. The topological polar surface area (TPSA) is 38.3 Å². The van der Waals surface area contributed by atoms with E-state index in [9.17, 15) is 4.79 Å². The molecule has 0 aromatic heterocycles. The van der Waals surface area contributed by atoms with Gasteiger partial charge in [-0.2, -0.15) is 0 Å². The molecule has 0 unspecified atom stereocenters. The maximum atomic E-state index is 11.8. The summed E-state index contributed by atoms with van der Waals surface area (Å²) in [6, 6.07) is 5.33. The summed E-state index contributed by atoms with van der Waals surface area (Å²) in [5.41, 5.74) is 0.0177. The Bertz CT molecular complexity index is 416. The molecule has 0 aliphatic carbocycles. The van der Waals surface area contributed by atoms with Gasteiger partial charge in [-0.05, 0) is 51.5 Å². The minimum atomic E-state index is -0.894. The van der Waals surface area contributed by atoms with E-state index in [-0.39, 0.29) is 5.91 Å². The molecule has 0 heterocycles. The third-order valence-corrected chi connectivity index (χ3v) is 2.62. The van der Waals surface area contributed by atoms with Crippen LogP contribution in [0.5, 0.6) is 5.75 Å². The van der Waals surface area contributed by atoms with E-state index in [0.29, 0.717) is 17.3 Å². The molecule has 1 aromatic rings. The van der Waals surface area contributed by atoms with E-state index < -0.39 is 5.60 Å². The number of hydrogen-bond acceptors (Lipinski definition) is 2. The lowest BCUT2D eigenvalue weighted by atomic mass is 10.1. The lowest BCUT2D eigenvalue weighted by molar-refractivity contribution is -0.134. The maximum Gasteiger partial charge on any atom is 0.263 e. The van der Waals surface area contributed by atoms with Crippen LogP contribution in [0, 0.1) is 6.92 Å².